The number of thiophene rings is 1. The Hall–Kier alpha value is -1.38. The topological polar surface area (TPSA) is 69.4 Å². The Morgan fingerprint density at radius 2 is 2.20 bits per heavy atom. The second-order valence-corrected chi connectivity index (χ2v) is 6.67. The van der Waals surface area contributed by atoms with Crippen LogP contribution in [-0.2, 0) is 4.74 Å². The Bertz CT molecular complexity index is 671. The lowest BCUT2D eigenvalue weighted by Gasteiger charge is -2.04. The summed E-state index contributed by atoms with van der Waals surface area (Å²) in [6.07, 6.45) is 0. The van der Waals surface area contributed by atoms with Crippen molar-refractivity contribution in [2.45, 2.75) is 9.10 Å². The van der Waals surface area contributed by atoms with E-state index in [0.29, 0.717) is 4.90 Å². The number of esters is 1. The maximum absolute atomic E-state index is 11.5. The summed E-state index contributed by atoms with van der Waals surface area (Å²) in [5, 5.41) is 12.9. The molecule has 0 aliphatic carbocycles. The number of nitro benzene ring substituents is 1. The Kier molecular flexibility index (Phi) is 4.79. The number of benzene rings is 1. The Labute approximate surface area is 131 Å². The number of hydrogen-bond donors (Lipinski definition) is 0. The molecule has 0 aliphatic rings. The summed E-state index contributed by atoms with van der Waals surface area (Å²) >= 11 is 6.08. The molecule has 1 aromatic carbocycles. The Morgan fingerprint density at radius 3 is 2.75 bits per heavy atom. The summed E-state index contributed by atoms with van der Waals surface area (Å²) in [5.41, 5.74) is 0.247. The first kappa shape index (κ1) is 15.0. The highest BCUT2D eigenvalue weighted by Crippen LogP contribution is 2.41. The van der Waals surface area contributed by atoms with Gasteiger partial charge in [0.15, 0.2) is 0 Å². The van der Waals surface area contributed by atoms with E-state index in [1.807, 2.05) is 11.4 Å². The lowest BCUT2D eigenvalue weighted by Crippen LogP contribution is -2.02. The SMILES string of the molecule is COC(=O)c1ccc([N+](=O)[O-])c(Sc2sccc2Br)c1. The zero-order valence-corrected chi connectivity index (χ0v) is 13.4. The maximum atomic E-state index is 11.5. The molecule has 1 aromatic heterocycles. The lowest BCUT2D eigenvalue weighted by molar-refractivity contribution is -0.387. The molecule has 2 aromatic rings. The fraction of sp³-hybridized carbons (Fsp3) is 0.0833. The van der Waals surface area contributed by atoms with E-state index in [-0.39, 0.29) is 11.3 Å². The smallest absolute Gasteiger partial charge is 0.337 e. The van der Waals surface area contributed by atoms with Crippen LogP contribution in [0.3, 0.4) is 0 Å². The lowest BCUT2D eigenvalue weighted by atomic mass is 10.2. The quantitative estimate of drug-likeness (QED) is 0.452. The highest BCUT2D eigenvalue weighted by molar-refractivity contribution is 9.10. The van der Waals surface area contributed by atoms with Crippen LogP contribution in [0.25, 0.3) is 0 Å². The highest BCUT2D eigenvalue weighted by Gasteiger charge is 2.19. The first-order chi connectivity index (χ1) is 9.52. The summed E-state index contributed by atoms with van der Waals surface area (Å²) in [7, 11) is 1.27. The fourth-order valence-electron chi connectivity index (χ4n) is 1.44. The predicted molar refractivity (Wildman–Crippen MR) is 80.6 cm³/mol. The summed E-state index contributed by atoms with van der Waals surface area (Å²) in [6.45, 7) is 0. The average Bonchev–Trinajstić information content (AvgIpc) is 2.83. The number of ether oxygens (including phenoxy) is 1. The zero-order valence-electron chi connectivity index (χ0n) is 10.2. The minimum atomic E-state index is -0.521. The molecule has 0 N–H and O–H groups in total. The van der Waals surface area contributed by atoms with Crippen molar-refractivity contribution in [3.8, 4) is 0 Å². The zero-order chi connectivity index (χ0) is 14.7. The number of methoxy groups -OCH3 is 1. The summed E-state index contributed by atoms with van der Waals surface area (Å²) in [5.74, 6) is -0.521. The van der Waals surface area contributed by atoms with Gasteiger partial charge in [0.25, 0.3) is 5.69 Å². The van der Waals surface area contributed by atoms with E-state index in [0.717, 1.165) is 8.68 Å². The number of nitrogens with zero attached hydrogens (tertiary/aromatic N) is 1. The van der Waals surface area contributed by atoms with Gasteiger partial charge >= 0.3 is 5.97 Å². The van der Waals surface area contributed by atoms with Gasteiger partial charge in [-0.05, 0) is 39.5 Å². The van der Waals surface area contributed by atoms with E-state index in [2.05, 4.69) is 20.7 Å². The largest absolute Gasteiger partial charge is 0.465 e. The van der Waals surface area contributed by atoms with E-state index in [1.165, 1.54) is 48.4 Å². The number of nitro groups is 1. The van der Waals surface area contributed by atoms with Gasteiger partial charge < -0.3 is 4.74 Å². The van der Waals surface area contributed by atoms with Crippen LogP contribution in [-0.4, -0.2) is 18.0 Å². The van der Waals surface area contributed by atoms with E-state index in [9.17, 15) is 14.9 Å². The van der Waals surface area contributed by atoms with E-state index >= 15 is 0 Å². The van der Waals surface area contributed by atoms with Crippen molar-refractivity contribution >= 4 is 50.7 Å². The third kappa shape index (κ3) is 3.20. The summed E-state index contributed by atoms with van der Waals surface area (Å²) in [4.78, 5) is 22.5. The van der Waals surface area contributed by atoms with Gasteiger partial charge in [-0.2, -0.15) is 0 Å². The normalized spacial score (nSPS) is 10.3. The van der Waals surface area contributed by atoms with Gasteiger partial charge in [0.05, 0.1) is 26.7 Å². The molecule has 0 radical (unpaired) electrons. The molecule has 0 bridgehead atoms. The standard InChI is InChI=1S/C12H8BrNO4S2/c1-18-11(15)7-2-3-9(14(16)17)10(6-7)20-12-8(13)4-5-19-12/h2-6H,1H3. The molecule has 0 saturated carbocycles. The molecule has 0 amide bonds. The molecule has 0 atom stereocenters. The van der Waals surface area contributed by atoms with Gasteiger partial charge in [-0.3, -0.25) is 10.1 Å². The molecule has 0 aliphatic heterocycles. The maximum Gasteiger partial charge on any atom is 0.337 e. The van der Waals surface area contributed by atoms with Gasteiger partial charge in [0.1, 0.15) is 0 Å². The molecule has 0 unspecified atom stereocenters. The molecule has 5 nitrogen and oxygen atoms in total. The van der Waals surface area contributed by atoms with Crippen molar-refractivity contribution in [2.24, 2.45) is 0 Å². The van der Waals surface area contributed by atoms with Crippen LogP contribution in [0.5, 0.6) is 0 Å². The number of halogens is 1. The van der Waals surface area contributed by atoms with E-state index in [4.69, 9.17) is 0 Å². The van der Waals surface area contributed by atoms with Crippen LogP contribution < -0.4 is 0 Å². The number of hydrogen-bond acceptors (Lipinski definition) is 6. The third-order valence-corrected chi connectivity index (χ3v) is 5.75. The Morgan fingerprint density at radius 1 is 1.45 bits per heavy atom. The second-order valence-electron chi connectivity index (χ2n) is 3.59. The molecule has 104 valence electrons. The van der Waals surface area contributed by atoms with Gasteiger partial charge in [-0.25, -0.2) is 4.79 Å². The molecular formula is C12H8BrNO4S2. The monoisotopic (exact) mass is 373 g/mol. The molecule has 0 fully saturated rings. The van der Waals surface area contributed by atoms with Gasteiger partial charge in [-0.1, -0.05) is 11.8 Å². The fourth-order valence-corrected chi connectivity index (χ4v) is 4.21. The van der Waals surface area contributed by atoms with Crippen molar-refractivity contribution in [3.05, 3.63) is 49.8 Å². The van der Waals surface area contributed by atoms with E-state index < -0.39 is 10.9 Å². The van der Waals surface area contributed by atoms with Crippen molar-refractivity contribution < 1.29 is 14.5 Å². The molecule has 0 spiro atoms. The van der Waals surface area contributed by atoms with Gasteiger partial charge in [0, 0.05) is 10.5 Å². The average molecular weight is 374 g/mol. The second kappa shape index (κ2) is 6.38. The molecule has 8 heteroatoms. The van der Waals surface area contributed by atoms with Gasteiger partial charge in [-0.15, -0.1) is 11.3 Å². The molecule has 0 saturated heterocycles. The minimum absolute atomic E-state index is 0.0389. The Balaban J connectivity index is 2.44. The van der Waals surface area contributed by atoms with Crippen molar-refractivity contribution in [3.63, 3.8) is 0 Å². The summed E-state index contributed by atoms with van der Waals surface area (Å²) < 4.78 is 6.38. The third-order valence-electron chi connectivity index (χ3n) is 2.36. The number of rotatable bonds is 4. The van der Waals surface area contributed by atoms with Crippen molar-refractivity contribution in [1.29, 1.82) is 0 Å². The summed E-state index contributed by atoms with van der Waals surface area (Å²) in [6, 6.07) is 6.04. The van der Waals surface area contributed by atoms with Crippen LogP contribution in [0.2, 0.25) is 0 Å². The van der Waals surface area contributed by atoms with Crippen LogP contribution >= 0.6 is 39.0 Å². The predicted octanol–water partition coefficient (Wildman–Crippen LogP) is 4.36. The van der Waals surface area contributed by atoms with Gasteiger partial charge in [0.2, 0.25) is 0 Å². The molecule has 20 heavy (non-hydrogen) atoms. The minimum Gasteiger partial charge on any atom is -0.465 e. The molecule has 2 rings (SSSR count). The van der Waals surface area contributed by atoms with Crippen LogP contribution in [0.4, 0.5) is 5.69 Å². The highest BCUT2D eigenvalue weighted by atomic mass is 79.9. The van der Waals surface area contributed by atoms with Crippen molar-refractivity contribution in [1.82, 2.24) is 0 Å². The van der Waals surface area contributed by atoms with Crippen LogP contribution in [0, 0.1) is 10.1 Å². The van der Waals surface area contributed by atoms with Crippen LogP contribution in [0.15, 0.2) is 43.2 Å². The first-order valence-corrected chi connectivity index (χ1v) is 7.79. The van der Waals surface area contributed by atoms with Crippen molar-refractivity contribution in [2.75, 3.05) is 7.11 Å². The van der Waals surface area contributed by atoms with E-state index in [1.54, 1.807) is 0 Å². The van der Waals surface area contributed by atoms with Crippen LogP contribution in [0.1, 0.15) is 10.4 Å². The molecule has 1 heterocycles. The number of carbonyl (C=O) groups excluding carboxylic acids is 1. The number of carbonyl (C=O) groups is 1. The molecular weight excluding hydrogens is 366 g/mol. The first-order valence-electron chi connectivity index (χ1n) is 5.30.